The lowest BCUT2D eigenvalue weighted by Gasteiger charge is -2.21. The van der Waals surface area contributed by atoms with Crippen molar-refractivity contribution in [1.29, 1.82) is 0 Å². The number of nitrogens with one attached hydrogen (secondary N) is 2. The molecule has 1 aliphatic rings. The van der Waals surface area contributed by atoms with Crippen LogP contribution < -0.4 is 15.6 Å². The molecule has 148 valence electrons. The zero-order valence-electron chi connectivity index (χ0n) is 15.3. The summed E-state index contributed by atoms with van der Waals surface area (Å²) in [5, 5.41) is 0. The number of hydrogen-bond donors (Lipinski definition) is 2. The molecule has 1 saturated heterocycles. The number of hydrogen-bond acceptors (Lipinski definition) is 5. The Morgan fingerprint density at radius 2 is 1.75 bits per heavy atom. The number of ether oxygens (including phenoxy) is 1. The fraction of sp³-hybridized carbons (Fsp3) is 0.300. The standard InChI is InChI=1S/C20H21FN2O3S2/c1-13(26-17-6-3-2-5-16(17)21)18(24)22-23-19(25)14-7-9-15(10-8-14)20-27-11-4-12-28-20/h2-3,5-10,13,20H,4,11-12H2,1H3,(H,22,24)(H,23,25)/t13-/m0/s1. The summed E-state index contributed by atoms with van der Waals surface area (Å²) in [7, 11) is 0. The molecule has 0 aromatic heterocycles. The molecule has 0 spiro atoms. The van der Waals surface area contributed by atoms with E-state index in [1.54, 1.807) is 18.2 Å². The van der Waals surface area contributed by atoms with Crippen molar-refractivity contribution >= 4 is 35.3 Å². The molecular formula is C20H21FN2O3S2. The first-order valence-electron chi connectivity index (χ1n) is 8.89. The normalized spacial score (nSPS) is 15.5. The number of benzene rings is 2. The molecular weight excluding hydrogens is 399 g/mol. The van der Waals surface area contributed by atoms with Crippen LogP contribution in [-0.4, -0.2) is 29.4 Å². The first kappa shape index (κ1) is 20.5. The van der Waals surface area contributed by atoms with Crippen molar-refractivity contribution in [1.82, 2.24) is 10.9 Å². The summed E-state index contributed by atoms with van der Waals surface area (Å²) in [5.41, 5.74) is 6.29. The molecule has 2 aromatic rings. The van der Waals surface area contributed by atoms with E-state index in [9.17, 15) is 14.0 Å². The van der Waals surface area contributed by atoms with Crippen LogP contribution in [0.3, 0.4) is 0 Å². The minimum Gasteiger partial charge on any atom is -0.478 e. The topological polar surface area (TPSA) is 67.4 Å². The van der Waals surface area contributed by atoms with E-state index >= 15 is 0 Å². The van der Waals surface area contributed by atoms with Gasteiger partial charge in [-0.05, 0) is 54.7 Å². The molecule has 2 N–H and O–H groups in total. The number of carbonyl (C=O) groups is 2. The quantitative estimate of drug-likeness (QED) is 0.718. The summed E-state index contributed by atoms with van der Waals surface area (Å²) >= 11 is 3.83. The molecule has 1 fully saturated rings. The summed E-state index contributed by atoms with van der Waals surface area (Å²) < 4.78 is 19.3. The van der Waals surface area contributed by atoms with E-state index in [0.29, 0.717) is 10.1 Å². The van der Waals surface area contributed by atoms with Gasteiger partial charge >= 0.3 is 0 Å². The molecule has 1 aliphatic heterocycles. The molecule has 1 heterocycles. The highest BCUT2D eigenvalue weighted by atomic mass is 32.2. The highest BCUT2D eigenvalue weighted by molar-refractivity contribution is 8.16. The van der Waals surface area contributed by atoms with Crippen LogP contribution in [0.15, 0.2) is 48.5 Å². The van der Waals surface area contributed by atoms with E-state index in [4.69, 9.17) is 4.74 Å². The Morgan fingerprint density at radius 1 is 1.07 bits per heavy atom. The van der Waals surface area contributed by atoms with Crippen molar-refractivity contribution in [2.45, 2.75) is 24.0 Å². The molecule has 28 heavy (non-hydrogen) atoms. The number of carbonyl (C=O) groups excluding carboxylic acids is 2. The molecule has 0 aliphatic carbocycles. The van der Waals surface area contributed by atoms with E-state index in [-0.39, 0.29) is 5.75 Å². The molecule has 0 unspecified atom stereocenters. The second-order valence-electron chi connectivity index (χ2n) is 6.18. The third kappa shape index (κ3) is 5.42. The van der Waals surface area contributed by atoms with Gasteiger partial charge in [0.1, 0.15) is 0 Å². The summed E-state index contributed by atoms with van der Waals surface area (Å²) in [5.74, 6) is 0.717. The number of para-hydroxylation sites is 1. The lowest BCUT2D eigenvalue weighted by atomic mass is 10.1. The van der Waals surface area contributed by atoms with E-state index in [2.05, 4.69) is 10.9 Å². The third-order valence-corrected chi connectivity index (χ3v) is 7.10. The van der Waals surface area contributed by atoms with Gasteiger partial charge in [0.15, 0.2) is 17.7 Å². The minimum atomic E-state index is -0.972. The highest BCUT2D eigenvalue weighted by Gasteiger charge is 2.19. The second kappa shape index (κ2) is 9.84. The van der Waals surface area contributed by atoms with Crippen molar-refractivity contribution in [3.63, 3.8) is 0 Å². The molecule has 0 saturated carbocycles. The van der Waals surface area contributed by atoms with Crippen LogP contribution in [0.25, 0.3) is 0 Å². The monoisotopic (exact) mass is 420 g/mol. The maximum atomic E-state index is 13.6. The predicted octanol–water partition coefficient (Wildman–Crippen LogP) is 3.92. The second-order valence-corrected chi connectivity index (χ2v) is 8.91. The number of rotatable bonds is 5. The molecule has 1 atom stereocenters. The number of hydrazine groups is 1. The Kier molecular flexibility index (Phi) is 7.22. The summed E-state index contributed by atoms with van der Waals surface area (Å²) in [6.07, 6.45) is 0.255. The maximum Gasteiger partial charge on any atom is 0.279 e. The van der Waals surface area contributed by atoms with Crippen LogP contribution >= 0.6 is 23.5 Å². The zero-order chi connectivity index (χ0) is 19.9. The van der Waals surface area contributed by atoms with Gasteiger partial charge in [-0.15, -0.1) is 23.5 Å². The van der Waals surface area contributed by atoms with Gasteiger partial charge in [0.2, 0.25) is 0 Å². The van der Waals surface area contributed by atoms with Gasteiger partial charge in [0, 0.05) is 5.56 Å². The van der Waals surface area contributed by atoms with Gasteiger partial charge in [-0.3, -0.25) is 20.4 Å². The Morgan fingerprint density at radius 3 is 2.43 bits per heavy atom. The van der Waals surface area contributed by atoms with E-state index < -0.39 is 23.7 Å². The summed E-state index contributed by atoms with van der Waals surface area (Å²) in [6, 6.07) is 13.2. The van der Waals surface area contributed by atoms with Crippen LogP contribution in [0.2, 0.25) is 0 Å². The number of halogens is 1. The van der Waals surface area contributed by atoms with Crippen LogP contribution in [0.5, 0.6) is 5.75 Å². The van der Waals surface area contributed by atoms with E-state index in [0.717, 1.165) is 11.5 Å². The van der Waals surface area contributed by atoms with Crippen molar-refractivity contribution < 1.29 is 18.7 Å². The lowest BCUT2D eigenvalue weighted by Crippen LogP contribution is -2.47. The minimum absolute atomic E-state index is 0.0227. The van der Waals surface area contributed by atoms with E-state index in [1.165, 1.54) is 37.1 Å². The Balaban J connectivity index is 1.50. The molecule has 8 heteroatoms. The lowest BCUT2D eigenvalue weighted by molar-refractivity contribution is -0.128. The summed E-state index contributed by atoms with van der Waals surface area (Å²) in [4.78, 5) is 24.3. The fourth-order valence-electron chi connectivity index (χ4n) is 2.55. The SMILES string of the molecule is C[C@H](Oc1ccccc1F)C(=O)NNC(=O)c1ccc(C2SCCCS2)cc1. The largest absolute Gasteiger partial charge is 0.478 e. The van der Waals surface area contributed by atoms with Crippen molar-refractivity contribution in [2.24, 2.45) is 0 Å². The maximum absolute atomic E-state index is 13.6. The van der Waals surface area contributed by atoms with Crippen LogP contribution in [0.1, 0.15) is 33.8 Å². The molecule has 3 rings (SSSR count). The molecule has 0 radical (unpaired) electrons. The average Bonchev–Trinajstić information content (AvgIpc) is 2.74. The van der Waals surface area contributed by atoms with Crippen molar-refractivity contribution in [2.75, 3.05) is 11.5 Å². The smallest absolute Gasteiger partial charge is 0.279 e. The van der Waals surface area contributed by atoms with Crippen LogP contribution in [-0.2, 0) is 4.79 Å². The zero-order valence-corrected chi connectivity index (χ0v) is 16.9. The predicted molar refractivity (Wildman–Crippen MR) is 111 cm³/mol. The molecule has 5 nitrogen and oxygen atoms in total. The Labute approximate surface area is 171 Å². The van der Waals surface area contributed by atoms with Crippen molar-refractivity contribution in [3.8, 4) is 5.75 Å². The average molecular weight is 421 g/mol. The van der Waals surface area contributed by atoms with Gasteiger partial charge < -0.3 is 4.74 Å². The van der Waals surface area contributed by atoms with Gasteiger partial charge in [0.25, 0.3) is 11.8 Å². The molecule has 2 amide bonds. The number of amides is 2. The molecule has 0 bridgehead atoms. The van der Waals surface area contributed by atoms with Gasteiger partial charge in [0.05, 0.1) is 4.58 Å². The van der Waals surface area contributed by atoms with Crippen LogP contribution in [0, 0.1) is 5.82 Å². The Hall–Kier alpha value is -2.19. The van der Waals surface area contributed by atoms with Gasteiger partial charge in [-0.1, -0.05) is 24.3 Å². The molecule has 2 aromatic carbocycles. The van der Waals surface area contributed by atoms with Crippen molar-refractivity contribution in [3.05, 3.63) is 65.5 Å². The first-order chi connectivity index (χ1) is 13.5. The first-order valence-corrected chi connectivity index (χ1v) is 11.0. The fourth-order valence-corrected chi connectivity index (χ4v) is 5.44. The Bertz CT molecular complexity index is 826. The van der Waals surface area contributed by atoms with Gasteiger partial charge in [-0.25, -0.2) is 4.39 Å². The van der Waals surface area contributed by atoms with Gasteiger partial charge in [-0.2, -0.15) is 0 Å². The van der Waals surface area contributed by atoms with Crippen LogP contribution in [0.4, 0.5) is 4.39 Å². The summed E-state index contributed by atoms with van der Waals surface area (Å²) in [6.45, 7) is 1.47. The third-order valence-electron chi connectivity index (χ3n) is 4.08. The van der Waals surface area contributed by atoms with E-state index in [1.807, 2.05) is 35.7 Å². The number of thioether (sulfide) groups is 2. The highest BCUT2D eigenvalue weighted by Crippen LogP contribution is 2.43.